The largest absolute Gasteiger partial charge is 0.476 e. The molecule has 1 aromatic rings. The van der Waals surface area contributed by atoms with E-state index < -0.39 is 5.97 Å². The number of nitrogens with zero attached hydrogens (tertiary/aromatic N) is 2. The van der Waals surface area contributed by atoms with Gasteiger partial charge in [-0.1, -0.05) is 6.92 Å². The Morgan fingerprint density at radius 1 is 1.60 bits per heavy atom. The molecule has 0 aliphatic rings. The lowest BCUT2D eigenvalue weighted by atomic mass is 10.2. The first kappa shape index (κ1) is 11.9. The fourth-order valence-corrected chi connectivity index (χ4v) is 1.66. The Morgan fingerprint density at radius 3 is 2.93 bits per heavy atom. The van der Waals surface area contributed by atoms with Crippen molar-refractivity contribution in [1.29, 1.82) is 0 Å². The van der Waals surface area contributed by atoms with Gasteiger partial charge in [0.25, 0.3) is 0 Å². The van der Waals surface area contributed by atoms with Crippen molar-refractivity contribution in [3.8, 4) is 0 Å². The van der Waals surface area contributed by atoms with Crippen LogP contribution in [0.2, 0.25) is 0 Å². The third kappa shape index (κ3) is 3.85. The van der Waals surface area contributed by atoms with E-state index in [0.29, 0.717) is 10.8 Å². The molecule has 0 radical (unpaired) electrons. The van der Waals surface area contributed by atoms with Crippen LogP contribution in [0.25, 0.3) is 0 Å². The lowest BCUT2D eigenvalue weighted by molar-refractivity contribution is 0.0689. The van der Waals surface area contributed by atoms with Crippen LogP contribution in [0, 0.1) is 5.92 Å². The maximum Gasteiger partial charge on any atom is 0.356 e. The average Bonchev–Trinajstić information content (AvgIpc) is 2.26. The SMILES string of the molecule is CC(CO)CSc1cncc(C(=O)O)n1. The van der Waals surface area contributed by atoms with E-state index in [1.165, 1.54) is 24.2 Å². The van der Waals surface area contributed by atoms with E-state index in [1.54, 1.807) is 0 Å². The molecular formula is C9H12N2O3S. The number of carboxylic acids is 1. The third-order valence-electron chi connectivity index (χ3n) is 1.66. The standard InChI is InChI=1S/C9H12N2O3S/c1-6(4-12)5-15-8-3-10-2-7(11-8)9(13)14/h2-3,6,12H,4-5H2,1H3,(H,13,14). The number of carboxylic acid groups (broad SMARTS) is 1. The van der Waals surface area contributed by atoms with Crippen LogP contribution in [-0.2, 0) is 0 Å². The number of carbonyl (C=O) groups is 1. The van der Waals surface area contributed by atoms with Crippen LogP contribution in [0.5, 0.6) is 0 Å². The van der Waals surface area contributed by atoms with Crippen molar-refractivity contribution in [1.82, 2.24) is 9.97 Å². The molecule has 1 atom stereocenters. The summed E-state index contributed by atoms with van der Waals surface area (Å²) in [5.41, 5.74) is -0.0587. The maximum atomic E-state index is 10.6. The summed E-state index contributed by atoms with van der Waals surface area (Å²) in [7, 11) is 0. The molecule has 0 aliphatic carbocycles. The molecule has 0 saturated heterocycles. The van der Waals surface area contributed by atoms with Crippen LogP contribution >= 0.6 is 11.8 Å². The Bertz CT molecular complexity index is 346. The number of thioether (sulfide) groups is 1. The van der Waals surface area contributed by atoms with Gasteiger partial charge >= 0.3 is 5.97 Å². The molecule has 1 aromatic heterocycles. The van der Waals surface area contributed by atoms with Gasteiger partial charge in [-0.2, -0.15) is 0 Å². The summed E-state index contributed by atoms with van der Waals surface area (Å²) < 4.78 is 0. The van der Waals surface area contributed by atoms with Gasteiger partial charge in [-0.25, -0.2) is 9.78 Å². The van der Waals surface area contributed by atoms with Crippen LogP contribution in [0.4, 0.5) is 0 Å². The second kappa shape index (κ2) is 5.67. The van der Waals surface area contributed by atoms with Gasteiger partial charge in [-0.15, -0.1) is 11.8 Å². The van der Waals surface area contributed by atoms with E-state index in [-0.39, 0.29) is 18.2 Å². The topological polar surface area (TPSA) is 83.3 Å². The Balaban J connectivity index is 2.62. The molecule has 6 heteroatoms. The molecule has 2 N–H and O–H groups in total. The summed E-state index contributed by atoms with van der Waals surface area (Å²) in [4.78, 5) is 18.3. The van der Waals surface area contributed by atoms with Gasteiger partial charge in [0.15, 0.2) is 5.69 Å². The Kier molecular flexibility index (Phi) is 4.51. The van der Waals surface area contributed by atoms with Crippen molar-refractivity contribution < 1.29 is 15.0 Å². The minimum atomic E-state index is -1.08. The van der Waals surface area contributed by atoms with E-state index >= 15 is 0 Å². The average molecular weight is 228 g/mol. The van der Waals surface area contributed by atoms with Gasteiger partial charge in [0.2, 0.25) is 0 Å². The van der Waals surface area contributed by atoms with Crippen molar-refractivity contribution in [3.05, 3.63) is 18.1 Å². The number of hydrogen-bond acceptors (Lipinski definition) is 5. The fourth-order valence-electron chi connectivity index (χ4n) is 0.801. The van der Waals surface area contributed by atoms with Gasteiger partial charge in [0.1, 0.15) is 5.03 Å². The molecular weight excluding hydrogens is 216 g/mol. The van der Waals surface area contributed by atoms with Gasteiger partial charge in [0.05, 0.1) is 12.4 Å². The zero-order valence-electron chi connectivity index (χ0n) is 8.25. The summed E-state index contributed by atoms with van der Waals surface area (Å²) in [5.74, 6) is -0.237. The van der Waals surface area contributed by atoms with Crippen molar-refractivity contribution >= 4 is 17.7 Å². The molecule has 0 fully saturated rings. The highest BCUT2D eigenvalue weighted by molar-refractivity contribution is 7.99. The Hall–Kier alpha value is -1.14. The summed E-state index contributed by atoms with van der Waals surface area (Å²) in [6, 6.07) is 0. The minimum absolute atomic E-state index is 0.0587. The molecule has 0 amide bonds. The molecule has 5 nitrogen and oxygen atoms in total. The van der Waals surface area contributed by atoms with Gasteiger partial charge in [-0.3, -0.25) is 4.98 Å². The lowest BCUT2D eigenvalue weighted by Crippen LogP contribution is -2.05. The van der Waals surface area contributed by atoms with Crippen LogP contribution in [0.3, 0.4) is 0 Å². The number of aliphatic hydroxyl groups excluding tert-OH is 1. The van der Waals surface area contributed by atoms with Gasteiger partial charge in [-0.05, 0) is 5.92 Å². The van der Waals surface area contributed by atoms with Crippen LogP contribution < -0.4 is 0 Å². The molecule has 0 aromatic carbocycles. The minimum Gasteiger partial charge on any atom is -0.476 e. The van der Waals surface area contributed by atoms with Crippen LogP contribution in [0.15, 0.2) is 17.4 Å². The molecule has 0 saturated carbocycles. The molecule has 1 unspecified atom stereocenters. The van der Waals surface area contributed by atoms with Crippen LogP contribution in [-0.4, -0.2) is 38.5 Å². The third-order valence-corrected chi connectivity index (χ3v) is 2.89. The second-order valence-electron chi connectivity index (χ2n) is 3.15. The highest BCUT2D eigenvalue weighted by atomic mass is 32.2. The zero-order chi connectivity index (χ0) is 11.3. The first-order chi connectivity index (χ1) is 7.13. The molecule has 82 valence electrons. The second-order valence-corrected chi connectivity index (χ2v) is 4.19. The number of aromatic carboxylic acids is 1. The van der Waals surface area contributed by atoms with Gasteiger partial charge in [0, 0.05) is 12.4 Å². The quantitative estimate of drug-likeness (QED) is 0.728. The predicted molar refractivity (Wildman–Crippen MR) is 56.0 cm³/mol. The number of aromatic nitrogens is 2. The lowest BCUT2D eigenvalue weighted by Gasteiger charge is -2.06. The highest BCUT2D eigenvalue weighted by Gasteiger charge is 2.07. The number of aliphatic hydroxyl groups is 1. The molecule has 1 rings (SSSR count). The fraction of sp³-hybridized carbons (Fsp3) is 0.444. The van der Waals surface area contributed by atoms with Crippen molar-refractivity contribution in [2.24, 2.45) is 5.92 Å². The number of hydrogen-bond donors (Lipinski definition) is 2. The smallest absolute Gasteiger partial charge is 0.356 e. The zero-order valence-corrected chi connectivity index (χ0v) is 9.07. The molecule has 0 bridgehead atoms. The highest BCUT2D eigenvalue weighted by Crippen LogP contribution is 2.17. The summed E-state index contributed by atoms with van der Waals surface area (Å²) in [5, 5.41) is 18.1. The molecule has 0 spiro atoms. The first-order valence-corrected chi connectivity index (χ1v) is 5.41. The first-order valence-electron chi connectivity index (χ1n) is 4.42. The van der Waals surface area contributed by atoms with E-state index in [2.05, 4.69) is 9.97 Å². The maximum absolute atomic E-state index is 10.6. The molecule has 0 aliphatic heterocycles. The van der Waals surface area contributed by atoms with Crippen LogP contribution in [0.1, 0.15) is 17.4 Å². The number of rotatable bonds is 5. The van der Waals surface area contributed by atoms with Gasteiger partial charge < -0.3 is 10.2 Å². The van der Waals surface area contributed by atoms with E-state index in [0.717, 1.165) is 0 Å². The molecule has 15 heavy (non-hydrogen) atoms. The van der Waals surface area contributed by atoms with E-state index in [9.17, 15) is 4.79 Å². The Labute approximate surface area is 91.6 Å². The van der Waals surface area contributed by atoms with Crippen molar-refractivity contribution in [3.63, 3.8) is 0 Å². The molecule has 1 heterocycles. The van der Waals surface area contributed by atoms with E-state index in [1.807, 2.05) is 6.92 Å². The summed E-state index contributed by atoms with van der Waals surface area (Å²) in [6.07, 6.45) is 2.73. The summed E-state index contributed by atoms with van der Waals surface area (Å²) >= 11 is 1.39. The van der Waals surface area contributed by atoms with Crippen molar-refractivity contribution in [2.45, 2.75) is 11.9 Å². The normalized spacial score (nSPS) is 12.4. The predicted octanol–water partition coefficient (Wildman–Crippen LogP) is 0.895. The monoisotopic (exact) mass is 228 g/mol. The summed E-state index contributed by atoms with van der Waals surface area (Å²) in [6.45, 7) is 2.01. The van der Waals surface area contributed by atoms with E-state index in [4.69, 9.17) is 10.2 Å². The van der Waals surface area contributed by atoms with Crippen molar-refractivity contribution in [2.75, 3.05) is 12.4 Å². The Morgan fingerprint density at radius 2 is 2.33 bits per heavy atom.